The highest BCUT2D eigenvalue weighted by Crippen LogP contribution is 2.47. The summed E-state index contributed by atoms with van der Waals surface area (Å²) >= 11 is 1.30. The lowest BCUT2D eigenvalue weighted by Gasteiger charge is -2.21. The highest BCUT2D eigenvalue weighted by Gasteiger charge is 2.44. The zero-order chi connectivity index (χ0) is 22.7. The van der Waals surface area contributed by atoms with Gasteiger partial charge in [0.1, 0.15) is 0 Å². The van der Waals surface area contributed by atoms with Crippen LogP contribution in [-0.4, -0.2) is 29.3 Å². The molecule has 2 aromatic carbocycles. The van der Waals surface area contributed by atoms with Crippen LogP contribution in [0.25, 0.3) is 0 Å². The Morgan fingerprint density at radius 1 is 1.06 bits per heavy atom. The second kappa shape index (κ2) is 9.11. The zero-order valence-corrected chi connectivity index (χ0v) is 18.7. The Hall–Kier alpha value is -3.59. The van der Waals surface area contributed by atoms with E-state index in [0.29, 0.717) is 28.9 Å². The lowest BCUT2D eigenvalue weighted by atomic mass is 10.2. The molecule has 1 aliphatic carbocycles. The molecule has 1 aromatic heterocycles. The van der Waals surface area contributed by atoms with Crippen LogP contribution in [0.15, 0.2) is 53.9 Å². The van der Waals surface area contributed by atoms with Crippen molar-refractivity contribution in [2.45, 2.75) is 38.0 Å². The smallest absolute Gasteiger partial charge is 0.358 e. The third-order valence-electron chi connectivity index (χ3n) is 5.52. The summed E-state index contributed by atoms with van der Waals surface area (Å²) in [5.74, 6) is -0.354. The van der Waals surface area contributed by atoms with E-state index in [0.717, 1.165) is 31.2 Å². The van der Waals surface area contributed by atoms with Crippen molar-refractivity contribution >= 4 is 34.0 Å². The number of ether oxygens (including phenoxy) is 3. The molecule has 8 nitrogen and oxygen atoms in total. The SMILES string of the molecule is O=C(COC(=O)c1csc(NCc2ccccc2)n1)Nc1ccc2c(c1)OC1(CCCC1)O2. The van der Waals surface area contributed by atoms with E-state index in [1.165, 1.54) is 11.3 Å². The maximum Gasteiger partial charge on any atom is 0.358 e. The number of hydrogen-bond donors (Lipinski definition) is 2. The van der Waals surface area contributed by atoms with Gasteiger partial charge in [-0.05, 0) is 30.5 Å². The molecule has 2 heterocycles. The van der Waals surface area contributed by atoms with Crippen molar-refractivity contribution in [2.24, 2.45) is 0 Å². The molecule has 0 unspecified atom stereocenters. The first-order chi connectivity index (χ1) is 16.1. The van der Waals surface area contributed by atoms with Crippen molar-refractivity contribution in [3.05, 3.63) is 65.2 Å². The lowest BCUT2D eigenvalue weighted by Crippen LogP contribution is -2.34. The van der Waals surface area contributed by atoms with Gasteiger partial charge in [0.05, 0.1) is 0 Å². The van der Waals surface area contributed by atoms with E-state index in [-0.39, 0.29) is 5.69 Å². The normalized spacial score (nSPS) is 15.4. The summed E-state index contributed by atoms with van der Waals surface area (Å²) in [5, 5.41) is 8.10. The van der Waals surface area contributed by atoms with Crippen LogP contribution in [0.3, 0.4) is 0 Å². The molecule has 0 saturated heterocycles. The topological polar surface area (TPSA) is 98.8 Å². The van der Waals surface area contributed by atoms with Crippen LogP contribution in [0.2, 0.25) is 0 Å². The van der Waals surface area contributed by atoms with Crippen LogP contribution < -0.4 is 20.1 Å². The minimum absolute atomic E-state index is 0.160. The number of hydrogen-bond acceptors (Lipinski definition) is 8. The average Bonchev–Trinajstić information content (AvgIpc) is 3.56. The van der Waals surface area contributed by atoms with Crippen molar-refractivity contribution in [3.8, 4) is 11.5 Å². The molecule has 1 aliphatic heterocycles. The number of thiazole rings is 1. The molecule has 3 aromatic rings. The van der Waals surface area contributed by atoms with Crippen LogP contribution in [0.1, 0.15) is 41.7 Å². The Bertz CT molecular complexity index is 1160. The maximum absolute atomic E-state index is 12.3. The van der Waals surface area contributed by atoms with E-state index in [9.17, 15) is 9.59 Å². The summed E-state index contributed by atoms with van der Waals surface area (Å²) in [7, 11) is 0. The molecule has 1 fully saturated rings. The Morgan fingerprint density at radius 3 is 2.67 bits per heavy atom. The molecule has 1 saturated carbocycles. The Kier molecular flexibility index (Phi) is 5.87. The van der Waals surface area contributed by atoms with Gasteiger partial charge in [-0.2, -0.15) is 0 Å². The Balaban J connectivity index is 1.10. The first-order valence-corrected chi connectivity index (χ1v) is 11.7. The number of carbonyl (C=O) groups excluding carboxylic acids is 2. The van der Waals surface area contributed by atoms with E-state index in [1.807, 2.05) is 30.3 Å². The first-order valence-electron chi connectivity index (χ1n) is 10.8. The van der Waals surface area contributed by atoms with Crippen LogP contribution in [0.5, 0.6) is 11.5 Å². The van der Waals surface area contributed by atoms with Crippen molar-refractivity contribution in [1.82, 2.24) is 4.98 Å². The molecule has 1 amide bonds. The van der Waals surface area contributed by atoms with Gasteiger partial charge in [-0.1, -0.05) is 30.3 Å². The van der Waals surface area contributed by atoms with E-state index in [1.54, 1.807) is 23.6 Å². The van der Waals surface area contributed by atoms with E-state index in [4.69, 9.17) is 14.2 Å². The standard InChI is InChI=1S/C24H23N3O5S/c28-21(26-17-8-9-19-20(12-17)32-24(31-19)10-4-5-11-24)14-30-22(29)18-15-33-23(27-18)25-13-16-6-2-1-3-7-16/h1-3,6-9,12,15H,4-5,10-11,13-14H2,(H,25,27)(H,26,28). The molecule has 0 atom stereocenters. The monoisotopic (exact) mass is 465 g/mol. The second-order valence-corrected chi connectivity index (χ2v) is 8.84. The predicted molar refractivity (Wildman–Crippen MR) is 124 cm³/mol. The molecule has 1 spiro atoms. The minimum atomic E-state index is -0.650. The number of rotatable bonds is 7. The molecule has 5 rings (SSSR count). The Morgan fingerprint density at radius 2 is 1.85 bits per heavy atom. The van der Waals surface area contributed by atoms with Gasteiger partial charge in [-0.3, -0.25) is 4.79 Å². The molecule has 170 valence electrons. The quantitative estimate of drug-likeness (QED) is 0.492. The van der Waals surface area contributed by atoms with Crippen molar-refractivity contribution < 1.29 is 23.8 Å². The van der Waals surface area contributed by atoms with Gasteiger partial charge < -0.3 is 24.8 Å². The summed E-state index contributed by atoms with van der Waals surface area (Å²) in [5.41, 5.74) is 1.82. The third kappa shape index (κ3) is 4.93. The molecular weight excluding hydrogens is 442 g/mol. The van der Waals surface area contributed by atoms with Gasteiger partial charge in [0, 0.05) is 36.5 Å². The fourth-order valence-corrected chi connectivity index (χ4v) is 4.59. The Labute approximate surface area is 194 Å². The van der Waals surface area contributed by atoms with Crippen molar-refractivity contribution in [3.63, 3.8) is 0 Å². The lowest BCUT2D eigenvalue weighted by molar-refractivity contribution is -0.119. The number of esters is 1. The average molecular weight is 466 g/mol. The van der Waals surface area contributed by atoms with E-state index in [2.05, 4.69) is 15.6 Å². The molecule has 33 heavy (non-hydrogen) atoms. The number of benzene rings is 2. The summed E-state index contributed by atoms with van der Waals surface area (Å²) in [6.45, 7) is 0.184. The number of aromatic nitrogens is 1. The molecule has 0 radical (unpaired) electrons. The molecule has 2 aliphatic rings. The highest BCUT2D eigenvalue weighted by molar-refractivity contribution is 7.13. The summed E-state index contributed by atoms with van der Waals surface area (Å²) < 4.78 is 17.1. The largest absolute Gasteiger partial charge is 0.451 e. The van der Waals surface area contributed by atoms with E-state index < -0.39 is 24.3 Å². The van der Waals surface area contributed by atoms with Gasteiger partial charge in [0.2, 0.25) is 0 Å². The van der Waals surface area contributed by atoms with Gasteiger partial charge in [-0.15, -0.1) is 11.3 Å². The number of nitrogens with zero attached hydrogens (tertiary/aromatic N) is 1. The zero-order valence-electron chi connectivity index (χ0n) is 17.8. The molecule has 2 N–H and O–H groups in total. The van der Waals surface area contributed by atoms with Gasteiger partial charge in [0.15, 0.2) is 28.9 Å². The second-order valence-electron chi connectivity index (χ2n) is 7.98. The predicted octanol–water partition coefficient (Wildman–Crippen LogP) is 4.59. The van der Waals surface area contributed by atoms with Crippen molar-refractivity contribution in [2.75, 3.05) is 17.2 Å². The number of carbonyl (C=O) groups is 2. The van der Waals surface area contributed by atoms with Crippen LogP contribution >= 0.6 is 11.3 Å². The molecule has 9 heteroatoms. The third-order valence-corrected chi connectivity index (χ3v) is 6.32. The number of amides is 1. The highest BCUT2D eigenvalue weighted by atomic mass is 32.1. The van der Waals surface area contributed by atoms with E-state index >= 15 is 0 Å². The summed E-state index contributed by atoms with van der Waals surface area (Å²) in [6, 6.07) is 15.1. The molecule has 0 bridgehead atoms. The number of fused-ring (bicyclic) bond motifs is 1. The molecular formula is C24H23N3O5S. The fourth-order valence-electron chi connectivity index (χ4n) is 3.91. The van der Waals surface area contributed by atoms with Crippen LogP contribution in [-0.2, 0) is 16.1 Å². The van der Waals surface area contributed by atoms with Crippen molar-refractivity contribution in [1.29, 1.82) is 0 Å². The fraction of sp³-hybridized carbons (Fsp3) is 0.292. The number of anilines is 2. The number of nitrogens with one attached hydrogen (secondary N) is 2. The summed E-state index contributed by atoms with van der Waals surface area (Å²) in [4.78, 5) is 28.8. The van der Waals surface area contributed by atoms with Gasteiger partial charge >= 0.3 is 5.97 Å². The summed E-state index contributed by atoms with van der Waals surface area (Å²) in [6.07, 6.45) is 3.87. The maximum atomic E-state index is 12.3. The van der Waals surface area contributed by atoms with Gasteiger partial charge in [0.25, 0.3) is 11.7 Å². The van der Waals surface area contributed by atoms with Crippen LogP contribution in [0, 0.1) is 0 Å². The van der Waals surface area contributed by atoms with Crippen LogP contribution in [0.4, 0.5) is 10.8 Å². The minimum Gasteiger partial charge on any atom is -0.451 e. The first kappa shape index (κ1) is 21.3. The van der Waals surface area contributed by atoms with Gasteiger partial charge in [-0.25, -0.2) is 9.78 Å².